The van der Waals surface area contributed by atoms with Gasteiger partial charge in [0.1, 0.15) is 5.75 Å². The van der Waals surface area contributed by atoms with Gasteiger partial charge in [0.2, 0.25) is 5.91 Å². The van der Waals surface area contributed by atoms with Gasteiger partial charge < -0.3 is 15.4 Å². The van der Waals surface area contributed by atoms with E-state index in [2.05, 4.69) is 0 Å². The second-order valence-electron chi connectivity index (χ2n) is 4.80. The Bertz CT molecular complexity index is 555. The number of hydrogen-bond acceptors (Lipinski definition) is 5. The molecule has 0 radical (unpaired) electrons. The summed E-state index contributed by atoms with van der Waals surface area (Å²) in [5.41, 5.74) is 5.39. The summed E-state index contributed by atoms with van der Waals surface area (Å²) in [5, 5.41) is 0. The van der Waals surface area contributed by atoms with E-state index in [0.29, 0.717) is 18.8 Å². The lowest BCUT2D eigenvalue weighted by molar-refractivity contribution is -0.130. The third kappa shape index (κ3) is 6.14. The van der Waals surface area contributed by atoms with Crippen LogP contribution in [0.4, 0.5) is 0 Å². The van der Waals surface area contributed by atoms with Crippen LogP contribution in [0.3, 0.4) is 0 Å². The van der Waals surface area contributed by atoms with Gasteiger partial charge in [-0.25, -0.2) is 8.42 Å². The summed E-state index contributed by atoms with van der Waals surface area (Å²) >= 11 is 0. The van der Waals surface area contributed by atoms with Gasteiger partial charge in [-0.15, -0.1) is 0 Å². The van der Waals surface area contributed by atoms with Crippen molar-refractivity contribution in [1.82, 2.24) is 4.90 Å². The van der Waals surface area contributed by atoms with Crippen molar-refractivity contribution in [2.45, 2.75) is 17.7 Å². The maximum atomic E-state index is 11.8. The number of carbonyl (C=O) groups is 1. The first kappa shape index (κ1) is 17.5. The summed E-state index contributed by atoms with van der Waals surface area (Å²) in [6, 6.07) is 6.14. The number of carbonyl (C=O) groups excluding carboxylic acids is 1. The summed E-state index contributed by atoms with van der Waals surface area (Å²) in [5.74, 6) is 0.538. The molecule has 0 fully saturated rings. The second kappa shape index (κ2) is 7.99. The Hall–Kier alpha value is -1.60. The number of sulfone groups is 1. The largest absolute Gasteiger partial charge is 0.493 e. The monoisotopic (exact) mass is 314 g/mol. The fourth-order valence-electron chi connectivity index (χ4n) is 1.68. The Balaban J connectivity index is 2.41. The normalized spacial score (nSPS) is 11.2. The standard InChI is InChI=1S/C14H22N2O4S/c1-16(10-3-9-15)14(17)8-11-20-12-4-6-13(7-5-12)21(2,18)19/h4-7H,3,8-11,15H2,1-2H3. The fraction of sp³-hybridized carbons (Fsp3) is 0.500. The van der Waals surface area contributed by atoms with Crippen molar-refractivity contribution in [3.05, 3.63) is 24.3 Å². The Morgan fingerprint density at radius 1 is 1.29 bits per heavy atom. The van der Waals surface area contributed by atoms with Gasteiger partial charge in [0.15, 0.2) is 9.84 Å². The minimum Gasteiger partial charge on any atom is -0.493 e. The average molecular weight is 314 g/mol. The summed E-state index contributed by atoms with van der Waals surface area (Å²) in [7, 11) is -1.47. The molecule has 0 aromatic heterocycles. The summed E-state index contributed by atoms with van der Waals surface area (Å²) in [4.78, 5) is 13.6. The number of nitrogens with two attached hydrogens (primary N) is 1. The van der Waals surface area contributed by atoms with Crippen molar-refractivity contribution < 1.29 is 17.9 Å². The molecule has 6 nitrogen and oxygen atoms in total. The van der Waals surface area contributed by atoms with Crippen LogP contribution in [0.5, 0.6) is 5.75 Å². The molecule has 1 rings (SSSR count). The lowest BCUT2D eigenvalue weighted by Crippen LogP contribution is -2.29. The summed E-state index contributed by atoms with van der Waals surface area (Å²) in [6.45, 7) is 1.45. The van der Waals surface area contributed by atoms with Crippen LogP contribution in [0.25, 0.3) is 0 Å². The molecule has 0 unspecified atom stereocenters. The van der Waals surface area contributed by atoms with Gasteiger partial charge in [-0.3, -0.25) is 4.79 Å². The maximum absolute atomic E-state index is 11.8. The molecule has 0 aliphatic heterocycles. The zero-order valence-electron chi connectivity index (χ0n) is 12.4. The summed E-state index contributed by atoms with van der Waals surface area (Å²) in [6.07, 6.45) is 2.20. The van der Waals surface area contributed by atoms with E-state index in [1.807, 2.05) is 0 Å². The molecule has 0 bridgehead atoms. The van der Waals surface area contributed by atoms with Gasteiger partial charge in [0.05, 0.1) is 17.9 Å². The zero-order valence-corrected chi connectivity index (χ0v) is 13.2. The van der Waals surface area contributed by atoms with Crippen molar-refractivity contribution >= 4 is 15.7 Å². The van der Waals surface area contributed by atoms with Gasteiger partial charge in [-0.2, -0.15) is 0 Å². The second-order valence-corrected chi connectivity index (χ2v) is 6.82. The van der Waals surface area contributed by atoms with Gasteiger partial charge in [0.25, 0.3) is 0 Å². The first-order chi connectivity index (χ1) is 9.84. The molecule has 0 spiro atoms. The highest BCUT2D eigenvalue weighted by atomic mass is 32.2. The topological polar surface area (TPSA) is 89.7 Å². The van der Waals surface area contributed by atoms with Crippen LogP contribution in [0.15, 0.2) is 29.2 Å². The third-order valence-electron chi connectivity index (χ3n) is 2.96. The van der Waals surface area contributed by atoms with E-state index in [0.717, 1.165) is 12.7 Å². The van der Waals surface area contributed by atoms with Crippen LogP contribution in [-0.4, -0.2) is 52.2 Å². The quantitative estimate of drug-likeness (QED) is 0.761. The lowest BCUT2D eigenvalue weighted by atomic mass is 10.3. The lowest BCUT2D eigenvalue weighted by Gasteiger charge is -2.16. The van der Waals surface area contributed by atoms with E-state index in [-0.39, 0.29) is 23.8 Å². The zero-order chi connectivity index (χ0) is 15.9. The van der Waals surface area contributed by atoms with E-state index in [4.69, 9.17) is 10.5 Å². The van der Waals surface area contributed by atoms with E-state index in [9.17, 15) is 13.2 Å². The highest BCUT2D eigenvalue weighted by Crippen LogP contribution is 2.15. The number of ether oxygens (including phenoxy) is 1. The number of hydrogen-bond donors (Lipinski definition) is 1. The molecule has 21 heavy (non-hydrogen) atoms. The molecule has 0 aliphatic carbocycles. The Morgan fingerprint density at radius 3 is 2.43 bits per heavy atom. The van der Waals surface area contributed by atoms with E-state index in [1.165, 1.54) is 12.1 Å². The predicted molar refractivity (Wildman–Crippen MR) is 81.0 cm³/mol. The maximum Gasteiger partial charge on any atom is 0.225 e. The van der Waals surface area contributed by atoms with Crippen molar-refractivity contribution in [3.63, 3.8) is 0 Å². The van der Waals surface area contributed by atoms with Gasteiger partial charge >= 0.3 is 0 Å². The molecule has 0 heterocycles. The molecule has 118 valence electrons. The Labute approximate surface area is 125 Å². The number of benzene rings is 1. The number of nitrogens with zero attached hydrogens (tertiary/aromatic N) is 1. The molecular weight excluding hydrogens is 292 g/mol. The van der Waals surface area contributed by atoms with Crippen LogP contribution in [0.1, 0.15) is 12.8 Å². The SMILES string of the molecule is CN(CCCN)C(=O)CCOc1ccc(S(C)(=O)=O)cc1. The molecule has 0 aliphatic rings. The smallest absolute Gasteiger partial charge is 0.225 e. The van der Waals surface area contributed by atoms with Gasteiger partial charge in [0, 0.05) is 19.8 Å². The molecular formula is C14H22N2O4S. The van der Waals surface area contributed by atoms with E-state index >= 15 is 0 Å². The number of amides is 1. The molecule has 0 atom stereocenters. The minimum atomic E-state index is -3.20. The van der Waals surface area contributed by atoms with Crippen molar-refractivity contribution in [2.24, 2.45) is 5.73 Å². The predicted octanol–water partition coefficient (Wildman–Crippen LogP) is 0.666. The third-order valence-corrected chi connectivity index (χ3v) is 4.09. The van der Waals surface area contributed by atoms with Crippen molar-refractivity contribution in [1.29, 1.82) is 0 Å². The average Bonchev–Trinajstić information content (AvgIpc) is 2.44. The first-order valence-electron chi connectivity index (χ1n) is 6.71. The molecule has 2 N–H and O–H groups in total. The van der Waals surface area contributed by atoms with Crippen molar-refractivity contribution in [3.8, 4) is 5.75 Å². The molecule has 1 aromatic rings. The highest BCUT2D eigenvalue weighted by Gasteiger charge is 2.09. The number of rotatable bonds is 8. The van der Waals surface area contributed by atoms with Crippen LogP contribution >= 0.6 is 0 Å². The summed E-state index contributed by atoms with van der Waals surface area (Å²) < 4.78 is 28.0. The molecule has 1 amide bonds. The Kier molecular flexibility index (Phi) is 6.64. The fourth-order valence-corrected chi connectivity index (χ4v) is 2.31. The van der Waals surface area contributed by atoms with Crippen LogP contribution in [-0.2, 0) is 14.6 Å². The molecule has 0 saturated carbocycles. The van der Waals surface area contributed by atoms with Crippen LogP contribution < -0.4 is 10.5 Å². The van der Waals surface area contributed by atoms with Crippen LogP contribution in [0, 0.1) is 0 Å². The minimum absolute atomic E-state index is 0.00351. The van der Waals surface area contributed by atoms with E-state index in [1.54, 1.807) is 24.1 Å². The van der Waals surface area contributed by atoms with E-state index < -0.39 is 9.84 Å². The molecule has 0 saturated heterocycles. The first-order valence-corrected chi connectivity index (χ1v) is 8.60. The highest BCUT2D eigenvalue weighted by molar-refractivity contribution is 7.90. The van der Waals surface area contributed by atoms with Crippen LogP contribution in [0.2, 0.25) is 0 Å². The van der Waals surface area contributed by atoms with Crippen molar-refractivity contribution in [2.75, 3.05) is 33.0 Å². The molecule has 1 aromatic carbocycles. The van der Waals surface area contributed by atoms with Gasteiger partial charge in [-0.05, 0) is 37.2 Å². The Morgan fingerprint density at radius 2 is 1.90 bits per heavy atom. The van der Waals surface area contributed by atoms with Gasteiger partial charge in [-0.1, -0.05) is 0 Å². The molecule has 7 heteroatoms.